The number of carbonyl (C=O) groups is 2. The van der Waals surface area contributed by atoms with Gasteiger partial charge in [-0.1, -0.05) is 18.2 Å². The van der Waals surface area contributed by atoms with Gasteiger partial charge in [-0.2, -0.15) is 0 Å². The fourth-order valence-electron chi connectivity index (χ4n) is 2.35. The van der Waals surface area contributed by atoms with Crippen LogP contribution >= 0.6 is 11.8 Å². The smallest absolute Gasteiger partial charge is 0.336 e. The molecule has 0 unspecified atom stereocenters. The van der Waals surface area contributed by atoms with Crippen molar-refractivity contribution < 1.29 is 24.2 Å². The molecule has 0 aliphatic heterocycles. The molecule has 26 heavy (non-hydrogen) atoms. The second-order valence-electron chi connectivity index (χ2n) is 5.38. The molecule has 2 N–H and O–H groups in total. The second-order valence-corrected chi connectivity index (χ2v) is 6.40. The van der Waals surface area contributed by atoms with Crippen molar-refractivity contribution in [3.63, 3.8) is 0 Å². The van der Waals surface area contributed by atoms with Crippen molar-refractivity contribution in [1.82, 2.24) is 5.32 Å². The largest absolute Gasteiger partial charge is 0.493 e. The first-order valence-electron chi connectivity index (χ1n) is 7.98. The molecule has 1 amide bonds. The van der Waals surface area contributed by atoms with Gasteiger partial charge in [0.2, 0.25) is 5.91 Å². The Morgan fingerprint density at radius 2 is 1.81 bits per heavy atom. The lowest BCUT2D eigenvalue weighted by Gasteiger charge is -2.10. The van der Waals surface area contributed by atoms with Crippen LogP contribution in [0.2, 0.25) is 0 Å². The SMILES string of the molecule is COc1ccc(CCNC(=O)CSc2ccccc2C(=O)O)cc1OC. The van der Waals surface area contributed by atoms with Gasteiger partial charge in [-0.25, -0.2) is 4.79 Å². The van der Waals surface area contributed by atoms with Crippen LogP contribution < -0.4 is 14.8 Å². The van der Waals surface area contributed by atoms with Gasteiger partial charge >= 0.3 is 5.97 Å². The monoisotopic (exact) mass is 375 g/mol. The molecule has 7 heteroatoms. The van der Waals surface area contributed by atoms with Crippen molar-refractivity contribution in [2.45, 2.75) is 11.3 Å². The number of rotatable bonds is 9. The van der Waals surface area contributed by atoms with E-state index in [0.717, 1.165) is 5.56 Å². The molecule has 2 rings (SSSR count). The molecule has 0 bridgehead atoms. The van der Waals surface area contributed by atoms with Gasteiger partial charge in [-0.15, -0.1) is 11.8 Å². The van der Waals surface area contributed by atoms with Crippen LogP contribution in [0.4, 0.5) is 0 Å². The average Bonchev–Trinajstić information content (AvgIpc) is 2.66. The molecule has 0 aromatic heterocycles. The number of benzene rings is 2. The van der Waals surface area contributed by atoms with Gasteiger partial charge in [-0.05, 0) is 36.2 Å². The summed E-state index contributed by atoms with van der Waals surface area (Å²) < 4.78 is 10.5. The van der Waals surface area contributed by atoms with Crippen LogP contribution in [0.25, 0.3) is 0 Å². The van der Waals surface area contributed by atoms with E-state index in [1.54, 1.807) is 32.4 Å². The minimum atomic E-state index is -0.998. The van der Waals surface area contributed by atoms with Crippen LogP contribution in [0.5, 0.6) is 11.5 Å². The summed E-state index contributed by atoms with van der Waals surface area (Å²) in [7, 11) is 3.16. The number of carbonyl (C=O) groups excluding carboxylic acids is 1. The van der Waals surface area contributed by atoms with E-state index in [9.17, 15) is 9.59 Å². The molecule has 0 atom stereocenters. The van der Waals surface area contributed by atoms with Crippen LogP contribution in [0.3, 0.4) is 0 Å². The van der Waals surface area contributed by atoms with Gasteiger partial charge in [0.05, 0.1) is 25.5 Å². The van der Waals surface area contributed by atoms with E-state index in [1.807, 2.05) is 18.2 Å². The lowest BCUT2D eigenvalue weighted by molar-refractivity contribution is -0.118. The molecule has 0 spiro atoms. The first-order valence-corrected chi connectivity index (χ1v) is 8.96. The molecule has 0 aliphatic carbocycles. The molecular weight excluding hydrogens is 354 g/mol. The maximum Gasteiger partial charge on any atom is 0.336 e. The van der Waals surface area contributed by atoms with Crippen molar-refractivity contribution in [2.24, 2.45) is 0 Å². The normalized spacial score (nSPS) is 10.2. The topological polar surface area (TPSA) is 84.9 Å². The first-order chi connectivity index (χ1) is 12.5. The summed E-state index contributed by atoms with van der Waals surface area (Å²) in [6.07, 6.45) is 0.655. The lowest BCUT2D eigenvalue weighted by atomic mass is 10.1. The van der Waals surface area contributed by atoms with E-state index < -0.39 is 5.97 Å². The molecule has 138 valence electrons. The van der Waals surface area contributed by atoms with Gasteiger partial charge in [0.1, 0.15) is 0 Å². The third-order valence-corrected chi connectivity index (χ3v) is 4.73. The Kier molecular flexibility index (Phi) is 7.35. The number of ether oxygens (including phenoxy) is 2. The summed E-state index contributed by atoms with van der Waals surface area (Å²) in [5.41, 5.74) is 1.22. The first kappa shape index (κ1) is 19.7. The summed E-state index contributed by atoms with van der Waals surface area (Å²) in [4.78, 5) is 23.7. The highest BCUT2D eigenvalue weighted by Gasteiger charge is 2.11. The minimum absolute atomic E-state index is 0.143. The Balaban J connectivity index is 1.82. The molecule has 2 aromatic rings. The molecule has 0 saturated carbocycles. The molecule has 0 radical (unpaired) electrons. The van der Waals surface area contributed by atoms with Crippen LogP contribution in [0.1, 0.15) is 15.9 Å². The van der Waals surface area contributed by atoms with Gasteiger partial charge in [0, 0.05) is 11.4 Å². The lowest BCUT2D eigenvalue weighted by Crippen LogP contribution is -2.27. The highest BCUT2D eigenvalue weighted by molar-refractivity contribution is 8.00. The van der Waals surface area contributed by atoms with Gasteiger partial charge < -0.3 is 19.9 Å². The zero-order valence-corrected chi connectivity index (χ0v) is 15.5. The predicted molar refractivity (Wildman–Crippen MR) is 100 cm³/mol. The van der Waals surface area contributed by atoms with Gasteiger partial charge in [0.25, 0.3) is 0 Å². The van der Waals surface area contributed by atoms with Crippen molar-refractivity contribution in [3.8, 4) is 11.5 Å². The van der Waals surface area contributed by atoms with E-state index in [1.165, 1.54) is 17.8 Å². The summed E-state index contributed by atoms with van der Waals surface area (Å²) in [6.45, 7) is 0.482. The van der Waals surface area contributed by atoms with Crippen LogP contribution in [-0.2, 0) is 11.2 Å². The fraction of sp³-hybridized carbons (Fsp3) is 0.263. The summed E-state index contributed by atoms with van der Waals surface area (Å²) in [5.74, 6) is 0.333. The second kappa shape index (κ2) is 9.72. The van der Waals surface area contributed by atoms with Crippen molar-refractivity contribution in [1.29, 1.82) is 0 Å². The maximum absolute atomic E-state index is 12.0. The van der Waals surface area contributed by atoms with E-state index in [2.05, 4.69) is 5.32 Å². The number of nitrogens with one attached hydrogen (secondary N) is 1. The van der Waals surface area contributed by atoms with E-state index >= 15 is 0 Å². The molecule has 0 heterocycles. The Morgan fingerprint density at radius 3 is 2.50 bits per heavy atom. The highest BCUT2D eigenvalue weighted by Crippen LogP contribution is 2.27. The Morgan fingerprint density at radius 1 is 1.08 bits per heavy atom. The van der Waals surface area contributed by atoms with Crippen LogP contribution in [-0.4, -0.2) is 43.5 Å². The predicted octanol–water partition coefficient (Wildman–Crippen LogP) is 2.85. The van der Waals surface area contributed by atoms with Gasteiger partial charge in [-0.3, -0.25) is 4.79 Å². The number of hydrogen-bond acceptors (Lipinski definition) is 5. The average molecular weight is 375 g/mol. The fourth-order valence-corrected chi connectivity index (χ4v) is 3.22. The molecule has 0 aliphatic rings. The number of carboxylic acid groups (broad SMARTS) is 1. The van der Waals surface area contributed by atoms with Crippen molar-refractivity contribution in [3.05, 3.63) is 53.6 Å². The van der Waals surface area contributed by atoms with E-state index in [-0.39, 0.29) is 17.2 Å². The third kappa shape index (κ3) is 5.42. The van der Waals surface area contributed by atoms with Crippen LogP contribution in [0.15, 0.2) is 47.4 Å². The molecule has 2 aromatic carbocycles. The maximum atomic E-state index is 12.0. The zero-order valence-electron chi connectivity index (χ0n) is 14.7. The molecule has 0 saturated heterocycles. The number of aromatic carboxylic acids is 1. The third-order valence-electron chi connectivity index (χ3n) is 3.66. The van der Waals surface area contributed by atoms with Gasteiger partial charge in [0.15, 0.2) is 11.5 Å². The quantitative estimate of drug-likeness (QED) is 0.656. The summed E-state index contributed by atoms with van der Waals surface area (Å²) in [5, 5.41) is 12.0. The van der Waals surface area contributed by atoms with E-state index in [0.29, 0.717) is 29.4 Å². The highest BCUT2D eigenvalue weighted by atomic mass is 32.2. The van der Waals surface area contributed by atoms with Crippen LogP contribution in [0, 0.1) is 0 Å². The zero-order chi connectivity index (χ0) is 18.9. The Hall–Kier alpha value is -2.67. The van der Waals surface area contributed by atoms with Crippen molar-refractivity contribution >= 4 is 23.6 Å². The number of hydrogen-bond donors (Lipinski definition) is 2. The van der Waals surface area contributed by atoms with Crippen molar-refractivity contribution in [2.75, 3.05) is 26.5 Å². The molecule has 6 nitrogen and oxygen atoms in total. The molecule has 0 fully saturated rings. The number of amides is 1. The number of thioether (sulfide) groups is 1. The van der Waals surface area contributed by atoms with E-state index in [4.69, 9.17) is 14.6 Å². The summed E-state index contributed by atoms with van der Waals surface area (Å²) >= 11 is 1.21. The number of methoxy groups -OCH3 is 2. The summed E-state index contributed by atoms with van der Waals surface area (Å²) in [6, 6.07) is 12.3. The Bertz CT molecular complexity index is 778. The Labute approximate surface area is 156 Å². The molecular formula is C19H21NO5S. The standard InChI is InChI=1S/C19H21NO5S/c1-24-15-8-7-13(11-16(15)25-2)9-10-20-18(21)12-26-17-6-4-3-5-14(17)19(22)23/h3-8,11H,9-10,12H2,1-2H3,(H,20,21)(H,22,23). The number of carboxylic acids is 1. The minimum Gasteiger partial charge on any atom is -0.493 e.